The minimum Gasteiger partial charge on any atom is -0.293 e. The highest BCUT2D eigenvalue weighted by Gasteiger charge is 2.11. The second kappa shape index (κ2) is 3.77. The molecule has 86 valence electrons. The van der Waals surface area contributed by atoms with Gasteiger partial charge in [-0.3, -0.25) is 9.89 Å². The normalized spacial score (nSPS) is 11.9. The van der Waals surface area contributed by atoms with Crippen LogP contribution in [0.1, 0.15) is 50.8 Å². The molecule has 4 heteroatoms. The number of rotatable bonds is 2. The third-order valence-electron chi connectivity index (χ3n) is 2.78. The summed E-state index contributed by atoms with van der Waals surface area (Å²) in [6.07, 6.45) is 1.68. The summed E-state index contributed by atoms with van der Waals surface area (Å²) < 4.78 is 1.53. The second-order valence-corrected chi connectivity index (χ2v) is 4.73. The van der Waals surface area contributed by atoms with Crippen molar-refractivity contribution in [3.63, 3.8) is 0 Å². The van der Waals surface area contributed by atoms with Gasteiger partial charge in [0.15, 0.2) is 5.65 Å². The molecule has 0 fully saturated rings. The summed E-state index contributed by atoms with van der Waals surface area (Å²) in [6, 6.07) is 1.93. The molecule has 2 rings (SSSR count). The first kappa shape index (κ1) is 10.9. The van der Waals surface area contributed by atoms with Gasteiger partial charge in [-0.1, -0.05) is 27.7 Å². The summed E-state index contributed by atoms with van der Waals surface area (Å²) in [5.41, 5.74) is 2.48. The van der Waals surface area contributed by atoms with Gasteiger partial charge in [0.05, 0.1) is 0 Å². The molecule has 0 aliphatic rings. The van der Waals surface area contributed by atoms with E-state index in [2.05, 4.69) is 23.9 Å². The number of hydrogen-bond acceptors (Lipinski definition) is 2. The number of nitrogens with zero attached hydrogens (tertiary/aromatic N) is 2. The monoisotopic (exact) mass is 219 g/mol. The van der Waals surface area contributed by atoms with Crippen LogP contribution >= 0.6 is 0 Å². The number of H-pyrrole nitrogens is 1. The fraction of sp³-hybridized carbons (Fsp3) is 0.500. The lowest BCUT2D eigenvalue weighted by Gasteiger charge is -2.03. The van der Waals surface area contributed by atoms with E-state index in [1.165, 1.54) is 4.52 Å². The number of aromatic nitrogens is 3. The van der Waals surface area contributed by atoms with Crippen molar-refractivity contribution in [3.05, 3.63) is 33.9 Å². The molecule has 4 nitrogen and oxygen atoms in total. The van der Waals surface area contributed by atoms with Crippen molar-refractivity contribution < 1.29 is 0 Å². The first-order chi connectivity index (χ1) is 7.50. The van der Waals surface area contributed by atoms with E-state index in [1.807, 2.05) is 19.9 Å². The zero-order valence-electron chi connectivity index (χ0n) is 10.1. The lowest BCUT2D eigenvalue weighted by atomic mass is 10.1. The number of nitrogens with one attached hydrogen (secondary N) is 1. The first-order valence-corrected chi connectivity index (χ1v) is 5.61. The Bertz CT molecular complexity index is 563. The molecular formula is C12H17N3O. The molecule has 1 N–H and O–H groups in total. The SMILES string of the molecule is CC(C)c1cc2ncc(C(C)C)c(=O)n2[nH]1. The number of aromatic amines is 1. The Kier molecular flexibility index (Phi) is 2.58. The Morgan fingerprint density at radius 1 is 1.25 bits per heavy atom. The van der Waals surface area contributed by atoms with Crippen LogP contribution in [0.2, 0.25) is 0 Å². The maximum absolute atomic E-state index is 12.1. The summed E-state index contributed by atoms with van der Waals surface area (Å²) in [4.78, 5) is 16.4. The lowest BCUT2D eigenvalue weighted by Crippen LogP contribution is -2.20. The molecule has 0 aromatic carbocycles. The van der Waals surface area contributed by atoms with E-state index < -0.39 is 0 Å². The van der Waals surface area contributed by atoms with E-state index in [1.54, 1.807) is 6.20 Å². The van der Waals surface area contributed by atoms with E-state index >= 15 is 0 Å². The molecule has 0 spiro atoms. The van der Waals surface area contributed by atoms with Gasteiger partial charge in [0.1, 0.15) is 0 Å². The Hall–Kier alpha value is -1.58. The van der Waals surface area contributed by atoms with Crippen molar-refractivity contribution in [3.8, 4) is 0 Å². The third-order valence-corrected chi connectivity index (χ3v) is 2.78. The highest BCUT2D eigenvalue weighted by atomic mass is 16.1. The molecule has 0 saturated carbocycles. The Balaban J connectivity index is 2.70. The van der Waals surface area contributed by atoms with Crippen molar-refractivity contribution in [2.45, 2.75) is 39.5 Å². The summed E-state index contributed by atoms with van der Waals surface area (Å²) in [7, 11) is 0. The molecule has 0 bridgehead atoms. The molecular weight excluding hydrogens is 202 g/mol. The summed E-state index contributed by atoms with van der Waals surface area (Å²) >= 11 is 0. The van der Waals surface area contributed by atoms with Gasteiger partial charge in [-0.15, -0.1) is 0 Å². The number of hydrogen-bond donors (Lipinski definition) is 1. The van der Waals surface area contributed by atoms with Crippen LogP contribution in [0.4, 0.5) is 0 Å². The van der Waals surface area contributed by atoms with Crippen LogP contribution in [0.3, 0.4) is 0 Å². The van der Waals surface area contributed by atoms with Gasteiger partial charge in [-0.05, 0) is 11.8 Å². The molecule has 0 radical (unpaired) electrons. The lowest BCUT2D eigenvalue weighted by molar-refractivity contribution is 0.754. The van der Waals surface area contributed by atoms with Crippen molar-refractivity contribution in [2.24, 2.45) is 0 Å². The Morgan fingerprint density at radius 3 is 2.50 bits per heavy atom. The minimum atomic E-state index is 0.00639. The van der Waals surface area contributed by atoms with Gasteiger partial charge in [0, 0.05) is 23.5 Å². The summed E-state index contributed by atoms with van der Waals surface area (Å²) in [5.74, 6) is 0.561. The predicted octanol–water partition coefficient (Wildman–Crippen LogP) is 2.27. The molecule has 0 aliphatic carbocycles. The van der Waals surface area contributed by atoms with Crippen LogP contribution in [0.25, 0.3) is 5.65 Å². The zero-order valence-corrected chi connectivity index (χ0v) is 10.1. The van der Waals surface area contributed by atoms with E-state index in [9.17, 15) is 4.79 Å². The largest absolute Gasteiger partial charge is 0.293 e. The van der Waals surface area contributed by atoms with Gasteiger partial charge in [-0.2, -0.15) is 0 Å². The molecule has 2 heterocycles. The average Bonchev–Trinajstić information content (AvgIpc) is 2.62. The van der Waals surface area contributed by atoms with Gasteiger partial charge < -0.3 is 0 Å². The molecule has 0 saturated heterocycles. The van der Waals surface area contributed by atoms with E-state index in [0.717, 1.165) is 11.3 Å². The van der Waals surface area contributed by atoms with Gasteiger partial charge >= 0.3 is 0 Å². The van der Waals surface area contributed by atoms with E-state index in [-0.39, 0.29) is 11.5 Å². The standard InChI is InChI=1S/C12H17N3O/c1-7(2)9-6-13-11-5-10(8(3)4)14-15(11)12(9)16/h5-8,14H,1-4H3. The summed E-state index contributed by atoms with van der Waals surface area (Å²) in [5, 5.41) is 3.10. The van der Waals surface area contributed by atoms with Crippen LogP contribution in [0.5, 0.6) is 0 Å². The molecule has 2 aromatic rings. The second-order valence-electron chi connectivity index (χ2n) is 4.73. The van der Waals surface area contributed by atoms with Crippen LogP contribution in [0.15, 0.2) is 17.1 Å². The smallest absolute Gasteiger partial charge is 0.276 e. The average molecular weight is 219 g/mol. The van der Waals surface area contributed by atoms with Crippen LogP contribution in [-0.2, 0) is 0 Å². The van der Waals surface area contributed by atoms with E-state index in [4.69, 9.17) is 0 Å². The topological polar surface area (TPSA) is 50.2 Å². The fourth-order valence-electron chi connectivity index (χ4n) is 1.68. The maximum atomic E-state index is 12.1. The third kappa shape index (κ3) is 1.64. The van der Waals surface area contributed by atoms with Crippen LogP contribution < -0.4 is 5.56 Å². The van der Waals surface area contributed by atoms with Crippen molar-refractivity contribution in [1.29, 1.82) is 0 Å². The molecule has 0 aliphatic heterocycles. The number of fused-ring (bicyclic) bond motifs is 1. The van der Waals surface area contributed by atoms with Gasteiger partial charge in [0.2, 0.25) is 0 Å². The molecule has 0 atom stereocenters. The Morgan fingerprint density at radius 2 is 1.94 bits per heavy atom. The molecule has 0 unspecified atom stereocenters. The van der Waals surface area contributed by atoms with Crippen LogP contribution in [-0.4, -0.2) is 14.6 Å². The minimum absolute atomic E-state index is 0.00639. The predicted molar refractivity (Wildman–Crippen MR) is 64.0 cm³/mol. The highest BCUT2D eigenvalue weighted by molar-refractivity contribution is 5.40. The summed E-state index contributed by atoms with van der Waals surface area (Å²) in [6.45, 7) is 8.16. The zero-order chi connectivity index (χ0) is 11.9. The quantitative estimate of drug-likeness (QED) is 0.842. The molecule has 2 aromatic heterocycles. The fourth-order valence-corrected chi connectivity index (χ4v) is 1.68. The van der Waals surface area contributed by atoms with Gasteiger partial charge in [-0.25, -0.2) is 9.50 Å². The molecule has 16 heavy (non-hydrogen) atoms. The van der Waals surface area contributed by atoms with Gasteiger partial charge in [0.25, 0.3) is 5.56 Å². The van der Waals surface area contributed by atoms with Crippen molar-refractivity contribution in [2.75, 3.05) is 0 Å². The van der Waals surface area contributed by atoms with Crippen molar-refractivity contribution in [1.82, 2.24) is 14.6 Å². The van der Waals surface area contributed by atoms with Crippen LogP contribution in [0, 0.1) is 0 Å². The highest BCUT2D eigenvalue weighted by Crippen LogP contribution is 2.14. The molecule has 0 amide bonds. The van der Waals surface area contributed by atoms with E-state index in [0.29, 0.717) is 11.6 Å². The maximum Gasteiger partial charge on any atom is 0.276 e. The Labute approximate surface area is 94.3 Å². The van der Waals surface area contributed by atoms with Crippen molar-refractivity contribution >= 4 is 5.65 Å². The first-order valence-electron chi connectivity index (χ1n) is 5.61.